The number of carbonyl (C=O) groups excluding carboxylic acids is 2. The summed E-state index contributed by atoms with van der Waals surface area (Å²) in [7, 11) is 1.60. The maximum Gasteiger partial charge on any atom is 0.275 e. The number of nitrogens with one attached hydrogen (secondary N) is 1. The molecular weight excluding hydrogens is 348 g/mol. The predicted molar refractivity (Wildman–Crippen MR) is 98.7 cm³/mol. The molecule has 1 N–H and O–H groups in total. The number of H-pyrrole nitrogens is 1. The molecule has 1 aromatic heterocycles. The molecule has 0 unspecified atom stereocenters. The molecule has 1 atom stereocenters. The molecule has 2 amide bonds. The third-order valence-electron chi connectivity index (χ3n) is 4.68. The third kappa shape index (κ3) is 4.05. The molecule has 2 aromatic rings. The molecule has 27 heavy (non-hydrogen) atoms. The molecule has 1 aliphatic rings. The summed E-state index contributed by atoms with van der Waals surface area (Å²) >= 11 is 0. The summed E-state index contributed by atoms with van der Waals surface area (Å²) in [6.07, 6.45) is 0. The van der Waals surface area contributed by atoms with Gasteiger partial charge in [0.2, 0.25) is 5.91 Å². The van der Waals surface area contributed by atoms with E-state index in [4.69, 9.17) is 9.47 Å². The zero-order valence-electron chi connectivity index (χ0n) is 15.8. The number of amides is 2. The van der Waals surface area contributed by atoms with E-state index in [0.29, 0.717) is 36.8 Å². The van der Waals surface area contributed by atoms with Crippen molar-refractivity contribution in [2.45, 2.75) is 26.5 Å². The van der Waals surface area contributed by atoms with Gasteiger partial charge in [-0.3, -0.25) is 14.7 Å². The Morgan fingerprint density at radius 2 is 2.07 bits per heavy atom. The minimum absolute atomic E-state index is 0.0331. The van der Waals surface area contributed by atoms with Crippen LogP contribution in [0.5, 0.6) is 11.5 Å². The van der Waals surface area contributed by atoms with Crippen molar-refractivity contribution >= 4 is 11.8 Å². The molecule has 144 valence electrons. The van der Waals surface area contributed by atoms with Crippen LogP contribution in [0.4, 0.5) is 0 Å². The quantitative estimate of drug-likeness (QED) is 0.834. The van der Waals surface area contributed by atoms with Crippen molar-refractivity contribution < 1.29 is 19.1 Å². The van der Waals surface area contributed by atoms with Gasteiger partial charge in [0.1, 0.15) is 24.1 Å². The van der Waals surface area contributed by atoms with E-state index < -0.39 is 6.04 Å². The molecule has 0 aliphatic carbocycles. The molecule has 0 radical (unpaired) electrons. The fraction of sp³-hybridized carbons (Fsp3) is 0.421. The second-order valence-corrected chi connectivity index (χ2v) is 6.34. The van der Waals surface area contributed by atoms with Gasteiger partial charge in [0.25, 0.3) is 5.91 Å². The van der Waals surface area contributed by atoms with Crippen LogP contribution in [0.15, 0.2) is 30.3 Å². The molecule has 1 fully saturated rings. The van der Waals surface area contributed by atoms with Crippen molar-refractivity contribution in [3.05, 3.63) is 41.7 Å². The topological polar surface area (TPSA) is 87.8 Å². The van der Waals surface area contributed by atoms with Crippen molar-refractivity contribution in [3.63, 3.8) is 0 Å². The number of carbonyl (C=O) groups is 2. The number of likely N-dealkylation sites (N-methyl/N-ethyl adjacent to an activating group) is 1. The number of aromatic amines is 1. The molecule has 0 saturated carbocycles. The Morgan fingerprint density at radius 1 is 1.30 bits per heavy atom. The van der Waals surface area contributed by atoms with Gasteiger partial charge in [-0.15, -0.1) is 0 Å². The lowest BCUT2D eigenvalue weighted by Crippen LogP contribution is -2.57. The number of hydrogen-bond acceptors (Lipinski definition) is 5. The lowest BCUT2D eigenvalue weighted by atomic mass is 10.1. The first kappa shape index (κ1) is 18.8. The van der Waals surface area contributed by atoms with E-state index >= 15 is 0 Å². The lowest BCUT2D eigenvalue weighted by Gasteiger charge is -2.38. The number of methoxy groups -OCH3 is 1. The number of ether oxygens (including phenoxy) is 2. The summed E-state index contributed by atoms with van der Waals surface area (Å²) in [6.45, 7) is 5.63. The Kier molecular flexibility index (Phi) is 5.63. The first-order valence-electron chi connectivity index (χ1n) is 8.94. The highest BCUT2D eigenvalue weighted by molar-refractivity contribution is 5.96. The van der Waals surface area contributed by atoms with Gasteiger partial charge < -0.3 is 19.3 Å². The van der Waals surface area contributed by atoms with Gasteiger partial charge in [0, 0.05) is 25.7 Å². The van der Waals surface area contributed by atoms with E-state index in [9.17, 15) is 9.59 Å². The molecule has 0 bridgehead atoms. The van der Waals surface area contributed by atoms with Crippen LogP contribution >= 0.6 is 0 Å². The number of benzene rings is 1. The first-order chi connectivity index (χ1) is 13.0. The summed E-state index contributed by atoms with van der Waals surface area (Å²) in [6, 6.07) is 8.45. The maximum atomic E-state index is 12.7. The second kappa shape index (κ2) is 8.11. The Bertz CT molecular complexity index is 820. The van der Waals surface area contributed by atoms with E-state index in [-0.39, 0.29) is 24.1 Å². The molecule has 2 heterocycles. The van der Waals surface area contributed by atoms with Crippen LogP contribution in [-0.2, 0) is 11.4 Å². The SMILES string of the molecule is CCN1CCN(C(=O)c2cc(COc3cccc(OC)c3)[nH]n2)[C@@H](C)C1=O. The van der Waals surface area contributed by atoms with E-state index in [0.717, 1.165) is 0 Å². The van der Waals surface area contributed by atoms with Crippen molar-refractivity contribution in [1.82, 2.24) is 20.0 Å². The Morgan fingerprint density at radius 3 is 2.81 bits per heavy atom. The number of hydrogen-bond donors (Lipinski definition) is 1. The van der Waals surface area contributed by atoms with Gasteiger partial charge in [-0.25, -0.2) is 0 Å². The minimum atomic E-state index is -0.487. The zero-order chi connectivity index (χ0) is 19.4. The molecule has 0 spiro atoms. The van der Waals surface area contributed by atoms with Crippen LogP contribution in [0.3, 0.4) is 0 Å². The average molecular weight is 372 g/mol. The van der Waals surface area contributed by atoms with E-state index in [2.05, 4.69) is 10.2 Å². The van der Waals surface area contributed by atoms with Crippen LogP contribution in [-0.4, -0.2) is 64.6 Å². The van der Waals surface area contributed by atoms with Crippen LogP contribution < -0.4 is 9.47 Å². The second-order valence-electron chi connectivity index (χ2n) is 6.34. The molecule has 8 nitrogen and oxygen atoms in total. The van der Waals surface area contributed by atoms with Gasteiger partial charge in [-0.2, -0.15) is 5.10 Å². The fourth-order valence-electron chi connectivity index (χ4n) is 3.07. The number of piperazine rings is 1. The van der Waals surface area contributed by atoms with Crippen molar-refractivity contribution in [2.24, 2.45) is 0 Å². The van der Waals surface area contributed by atoms with Gasteiger partial charge in [-0.1, -0.05) is 6.07 Å². The normalized spacial score (nSPS) is 17.1. The first-order valence-corrected chi connectivity index (χ1v) is 8.94. The van der Waals surface area contributed by atoms with Gasteiger partial charge in [0.05, 0.1) is 12.8 Å². The highest BCUT2D eigenvalue weighted by Gasteiger charge is 2.34. The Hall–Kier alpha value is -3.03. The Labute approximate surface area is 158 Å². The summed E-state index contributed by atoms with van der Waals surface area (Å²) < 4.78 is 10.9. The molecule has 1 aliphatic heterocycles. The zero-order valence-corrected chi connectivity index (χ0v) is 15.8. The molecule has 1 saturated heterocycles. The maximum absolute atomic E-state index is 12.7. The number of aromatic nitrogens is 2. The van der Waals surface area contributed by atoms with Crippen LogP contribution in [0.1, 0.15) is 30.0 Å². The smallest absolute Gasteiger partial charge is 0.275 e. The van der Waals surface area contributed by atoms with Crippen LogP contribution in [0.25, 0.3) is 0 Å². The minimum Gasteiger partial charge on any atom is -0.497 e. The number of nitrogens with zero attached hydrogens (tertiary/aromatic N) is 3. The standard InChI is InChI=1S/C19H24N4O4/c1-4-22-8-9-23(13(2)18(22)24)19(25)17-10-14(20-21-17)12-27-16-7-5-6-15(11-16)26-3/h5-7,10-11,13H,4,8-9,12H2,1-3H3,(H,20,21)/t13-/m0/s1. The lowest BCUT2D eigenvalue weighted by molar-refractivity contribution is -0.139. The Balaban J connectivity index is 1.63. The highest BCUT2D eigenvalue weighted by Crippen LogP contribution is 2.20. The molecule has 1 aromatic carbocycles. The highest BCUT2D eigenvalue weighted by atomic mass is 16.5. The van der Waals surface area contributed by atoms with Crippen molar-refractivity contribution in [3.8, 4) is 11.5 Å². The summed E-state index contributed by atoms with van der Waals surface area (Å²) in [5, 5.41) is 6.91. The number of rotatable bonds is 6. The average Bonchev–Trinajstić information content (AvgIpc) is 3.17. The predicted octanol–water partition coefficient (Wildman–Crippen LogP) is 1.69. The largest absolute Gasteiger partial charge is 0.497 e. The van der Waals surface area contributed by atoms with Crippen LogP contribution in [0, 0.1) is 0 Å². The molecule has 8 heteroatoms. The third-order valence-corrected chi connectivity index (χ3v) is 4.68. The van der Waals surface area contributed by atoms with Gasteiger partial charge in [0.15, 0.2) is 5.69 Å². The fourth-order valence-corrected chi connectivity index (χ4v) is 3.07. The van der Waals surface area contributed by atoms with Crippen molar-refractivity contribution in [1.29, 1.82) is 0 Å². The van der Waals surface area contributed by atoms with E-state index in [1.165, 1.54) is 0 Å². The summed E-state index contributed by atoms with van der Waals surface area (Å²) in [4.78, 5) is 28.4. The molecule has 3 rings (SSSR count). The molecular formula is C19H24N4O4. The van der Waals surface area contributed by atoms with Crippen LogP contribution in [0.2, 0.25) is 0 Å². The monoisotopic (exact) mass is 372 g/mol. The van der Waals surface area contributed by atoms with Crippen molar-refractivity contribution in [2.75, 3.05) is 26.7 Å². The van der Waals surface area contributed by atoms with Gasteiger partial charge >= 0.3 is 0 Å². The van der Waals surface area contributed by atoms with E-state index in [1.54, 1.807) is 36.0 Å². The summed E-state index contributed by atoms with van der Waals surface area (Å²) in [5.41, 5.74) is 0.955. The van der Waals surface area contributed by atoms with E-state index in [1.807, 2.05) is 25.1 Å². The summed E-state index contributed by atoms with van der Waals surface area (Å²) in [5.74, 6) is 1.08. The van der Waals surface area contributed by atoms with Gasteiger partial charge in [-0.05, 0) is 32.0 Å².